The zero-order valence-electron chi connectivity index (χ0n) is 18.1. The van der Waals surface area contributed by atoms with E-state index in [-0.39, 0.29) is 11.8 Å². The molecule has 8 heteroatoms. The van der Waals surface area contributed by atoms with Crippen LogP contribution < -0.4 is 19.7 Å². The zero-order valence-corrected chi connectivity index (χ0v) is 18.9. The normalized spacial score (nSPS) is 14.4. The summed E-state index contributed by atoms with van der Waals surface area (Å²) in [5, 5.41) is 2.87. The Morgan fingerprint density at radius 1 is 1.10 bits per heavy atom. The van der Waals surface area contributed by atoms with Gasteiger partial charge in [-0.2, -0.15) is 0 Å². The van der Waals surface area contributed by atoms with Crippen LogP contribution >= 0.6 is 11.8 Å². The van der Waals surface area contributed by atoms with Crippen LogP contribution in [-0.4, -0.2) is 53.3 Å². The molecule has 2 aromatic rings. The Kier molecular flexibility index (Phi) is 7.59. The van der Waals surface area contributed by atoms with Crippen molar-refractivity contribution >= 4 is 35.3 Å². The fourth-order valence-electron chi connectivity index (χ4n) is 3.15. The van der Waals surface area contributed by atoms with E-state index in [9.17, 15) is 9.59 Å². The molecule has 0 saturated heterocycles. The Morgan fingerprint density at radius 2 is 1.87 bits per heavy atom. The third kappa shape index (κ3) is 5.21. The number of thioether (sulfide) groups is 1. The van der Waals surface area contributed by atoms with Crippen LogP contribution in [-0.2, 0) is 9.53 Å². The van der Waals surface area contributed by atoms with Crippen LogP contribution in [0.2, 0.25) is 0 Å². The predicted octanol–water partition coefficient (Wildman–Crippen LogP) is 3.58. The van der Waals surface area contributed by atoms with Crippen LogP contribution in [0.1, 0.15) is 22.3 Å². The van der Waals surface area contributed by atoms with E-state index < -0.39 is 0 Å². The first kappa shape index (κ1) is 22.7. The minimum atomic E-state index is -0.170. The van der Waals surface area contributed by atoms with Crippen molar-refractivity contribution in [2.24, 2.45) is 0 Å². The number of amides is 2. The predicted molar refractivity (Wildman–Crippen MR) is 122 cm³/mol. The van der Waals surface area contributed by atoms with E-state index in [0.29, 0.717) is 40.8 Å². The van der Waals surface area contributed by atoms with Crippen LogP contribution in [0.4, 0.5) is 5.69 Å². The van der Waals surface area contributed by atoms with Crippen molar-refractivity contribution in [3.05, 3.63) is 52.4 Å². The minimum Gasteiger partial charge on any atom is -0.493 e. The number of anilines is 1. The largest absolute Gasteiger partial charge is 0.493 e. The summed E-state index contributed by atoms with van der Waals surface area (Å²) in [6, 6.07) is 10.9. The Hall–Kier alpha value is -2.97. The molecule has 0 spiro atoms. The fourth-order valence-corrected chi connectivity index (χ4v) is 4.24. The third-order valence-electron chi connectivity index (χ3n) is 4.83. The first-order valence-corrected chi connectivity index (χ1v) is 10.6. The number of rotatable bonds is 8. The molecule has 7 nitrogen and oxygen atoms in total. The van der Waals surface area contributed by atoms with Gasteiger partial charge >= 0.3 is 0 Å². The van der Waals surface area contributed by atoms with Gasteiger partial charge in [0.15, 0.2) is 11.5 Å². The van der Waals surface area contributed by atoms with Gasteiger partial charge in [-0.25, -0.2) is 0 Å². The van der Waals surface area contributed by atoms with Crippen molar-refractivity contribution in [2.45, 2.75) is 11.3 Å². The summed E-state index contributed by atoms with van der Waals surface area (Å²) in [6.07, 6.45) is 2.57. The Balaban J connectivity index is 1.82. The highest BCUT2D eigenvalue weighted by Crippen LogP contribution is 2.42. The molecule has 1 aliphatic heterocycles. The zero-order chi connectivity index (χ0) is 22.4. The first-order chi connectivity index (χ1) is 15.0. The summed E-state index contributed by atoms with van der Waals surface area (Å²) in [4.78, 5) is 28.4. The summed E-state index contributed by atoms with van der Waals surface area (Å²) in [7, 11) is 6.49. The molecule has 164 valence electrons. The molecule has 31 heavy (non-hydrogen) atoms. The lowest BCUT2D eigenvalue weighted by molar-refractivity contribution is -0.114. The van der Waals surface area contributed by atoms with Crippen molar-refractivity contribution < 1.29 is 23.8 Å². The monoisotopic (exact) mass is 442 g/mol. The molecular weight excluding hydrogens is 416 g/mol. The smallest absolute Gasteiger partial charge is 0.264 e. The molecule has 0 radical (unpaired) electrons. The van der Waals surface area contributed by atoms with Crippen LogP contribution in [0.5, 0.6) is 11.5 Å². The second-order valence-electron chi connectivity index (χ2n) is 6.87. The lowest BCUT2D eigenvalue weighted by Gasteiger charge is -2.27. The molecule has 0 aliphatic carbocycles. The summed E-state index contributed by atoms with van der Waals surface area (Å²) in [5.41, 5.74) is 2.06. The summed E-state index contributed by atoms with van der Waals surface area (Å²) < 4.78 is 15.6. The average Bonchev–Trinajstić information content (AvgIpc) is 2.79. The van der Waals surface area contributed by atoms with Gasteiger partial charge in [-0.3, -0.25) is 9.59 Å². The number of carbonyl (C=O) groups is 2. The Labute approximate surface area is 186 Å². The van der Waals surface area contributed by atoms with Gasteiger partial charge in [0.2, 0.25) is 0 Å². The number of nitrogens with zero attached hydrogens (tertiary/aromatic N) is 1. The van der Waals surface area contributed by atoms with E-state index in [1.165, 1.54) is 11.8 Å². The van der Waals surface area contributed by atoms with Crippen LogP contribution in [0.25, 0.3) is 6.08 Å². The van der Waals surface area contributed by atoms with Gasteiger partial charge in [-0.05, 0) is 48.4 Å². The molecule has 1 heterocycles. The van der Waals surface area contributed by atoms with Gasteiger partial charge in [-0.15, -0.1) is 0 Å². The molecule has 0 fully saturated rings. The lowest BCUT2D eigenvalue weighted by atomic mass is 10.1. The first-order valence-electron chi connectivity index (χ1n) is 9.79. The molecular formula is C23H26N2O5S. The molecule has 0 bridgehead atoms. The number of hydrogen-bond acceptors (Lipinski definition) is 6. The Bertz CT molecular complexity index is 1010. The van der Waals surface area contributed by atoms with Gasteiger partial charge in [0.05, 0.1) is 24.8 Å². The standard InChI is InChI=1S/C23H26N2O5S/c1-25-17-14-16(22(26)24-10-5-11-28-2)7-9-20(17)31-21(23(25)27)13-15-6-8-18(29-3)19(12-15)30-4/h6-9,12-14H,5,10-11H2,1-4H3,(H,24,26). The Morgan fingerprint density at radius 3 is 2.58 bits per heavy atom. The molecule has 0 saturated carbocycles. The van der Waals surface area contributed by atoms with Crippen molar-refractivity contribution in [3.63, 3.8) is 0 Å². The lowest BCUT2D eigenvalue weighted by Crippen LogP contribution is -2.31. The number of hydrogen-bond donors (Lipinski definition) is 1. The number of fused-ring (bicyclic) bond motifs is 1. The molecule has 3 rings (SSSR count). The number of methoxy groups -OCH3 is 3. The van der Waals surface area contributed by atoms with Gasteiger partial charge in [0.25, 0.3) is 11.8 Å². The molecule has 1 aliphatic rings. The molecule has 1 N–H and O–H groups in total. The molecule has 0 unspecified atom stereocenters. The highest BCUT2D eigenvalue weighted by atomic mass is 32.2. The van der Waals surface area contributed by atoms with Crippen molar-refractivity contribution in [3.8, 4) is 11.5 Å². The third-order valence-corrected chi connectivity index (χ3v) is 5.91. The second kappa shape index (κ2) is 10.4. The minimum absolute atomic E-state index is 0.134. The van der Waals surface area contributed by atoms with Gasteiger partial charge < -0.3 is 24.4 Å². The van der Waals surface area contributed by atoms with E-state index in [1.54, 1.807) is 51.5 Å². The van der Waals surface area contributed by atoms with Crippen molar-refractivity contribution in [1.82, 2.24) is 5.32 Å². The van der Waals surface area contributed by atoms with Gasteiger partial charge in [-0.1, -0.05) is 17.8 Å². The van der Waals surface area contributed by atoms with E-state index in [0.717, 1.165) is 16.9 Å². The molecule has 0 aromatic heterocycles. The van der Waals surface area contributed by atoms with Crippen molar-refractivity contribution in [1.29, 1.82) is 0 Å². The SMILES string of the molecule is COCCCNC(=O)c1ccc2c(c1)N(C)C(=O)C(=Cc1ccc(OC)c(OC)c1)S2. The maximum Gasteiger partial charge on any atom is 0.264 e. The van der Waals surface area contributed by atoms with Crippen molar-refractivity contribution in [2.75, 3.05) is 46.4 Å². The fraction of sp³-hybridized carbons (Fsp3) is 0.304. The van der Waals surface area contributed by atoms with E-state index in [1.807, 2.05) is 24.3 Å². The number of carbonyl (C=O) groups excluding carboxylic acids is 2. The van der Waals surface area contributed by atoms with Crippen LogP contribution in [0.3, 0.4) is 0 Å². The summed E-state index contributed by atoms with van der Waals surface area (Å²) in [5.74, 6) is 0.920. The van der Waals surface area contributed by atoms with Crippen LogP contribution in [0.15, 0.2) is 46.2 Å². The molecule has 0 atom stereocenters. The topological polar surface area (TPSA) is 77.1 Å². The van der Waals surface area contributed by atoms with E-state index in [4.69, 9.17) is 14.2 Å². The number of benzene rings is 2. The molecule has 2 amide bonds. The quantitative estimate of drug-likeness (QED) is 0.497. The maximum atomic E-state index is 13.0. The highest BCUT2D eigenvalue weighted by molar-refractivity contribution is 8.04. The molecule has 2 aromatic carbocycles. The summed E-state index contributed by atoms with van der Waals surface area (Å²) >= 11 is 1.38. The van der Waals surface area contributed by atoms with Gasteiger partial charge in [0.1, 0.15) is 0 Å². The average molecular weight is 443 g/mol. The number of ether oxygens (including phenoxy) is 3. The van der Waals surface area contributed by atoms with Crippen LogP contribution in [0, 0.1) is 0 Å². The number of nitrogens with one attached hydrogen (secondary N) is 1. The van der Waals surface area contributed by atoms with E-state index >= 15 is 0 Å². The highest BCUT2D eigenvalue weighted by Gasteiger charge is 2.27. The van der Waals surface area contributed by atoms with E-state index in [2.05, 4.69) is 5.32 Å². The van der Waals surface area contributed by atoms with Gasteiger partial charge in [0, 0.05) is 37.8 Å². The summed E-state index contributed by atoms with van der Waals surface area (Å²) in [6.45, 7) is 1.12. The maximum absolute atomic E-state index is 13.0. The number of likely N-dealkylation sites (N-methyl/N-ethyl adjacent to an activating group) is 1. The second-order valence-corrected chi connectivity index (χ2v) is 7.96.